The minimum atomic E-state index is 0.0149. The molecule has 0 saturated carbocycles. The molecule has 0 radical (unpaired) electrons. The average Bonchev–Trinajstić information content (AvgIpc) is 3.20. The molecule has 7 heteroatoms. The van der Waals surface area contributed by atoms with Gasteiger partial charge in [0, 0.05) is 51.6 Å². The molecule has 1 aliphatic rings. The summed E-state index contributed by atoms with van der Waals surface area (Å²) >= 11 is 1.27. The summed E-state index contributed by atoms with van der Waals surface area (Å²) in [4.78, 5) is 16.8. The van der Waals surface area contributed by atoms with Gasteiger partial charge in [-0.3, -0.25) is 4.79 Å². The smallest absolute Gasteiger partial charge is 0.251 e. The standard InChI is InChI=1S/C21H27N3O3S/c1-22(2)18-10-8-17(9-11-18)14-23(15-19-6-5-13-27-19)20(25)16-28-21-7-3-4-12-24(21)26/h3-4,7-12,19H,5-6,13-16H2,1-2H3/t19-/m0/s1. The predicted molar refractivity (Wildman–Crippen MR) is 111 cm³/mol. The van der Waals surface area contributed by atoms with Crippen molar-refractivity contribution in [3.63, 3.8) is 0 Å². The van der Waals surface area contributed by atoms with Gasteiger partial charge < -0.3 is 19.7 Å². The summed E-state index contributed by atoms with van der Waals surface area (Å²) in [5.74, 6) is 0.246. The third-order valence-corrected chi connectivity index (χ3v) is 5.76. The van der Waals surface area contributed by atoms with Crippen LogP contribution in [-0.4, -0.2) is 49.9 Å². The Bertz CT molecular complexity index is 777. The Morgan fingerprint density at radius 3 is 2.68 bits per heavy atom. The molecule has 1 aromatic carbocycles. The number of rotatable bonds is 8. The van der Waals surface area contributed by atoms with Crippen LogP contribution in [-0.2, 0) is 16.1 Å². The van der Waals surface area contributed by atoms with Crippen LogP contribution in [0.25, 0.3) is 0 Å². The van der Waals surface area contributed by atoms with Crippen LogP contribution in [0.15, 0.2) is 53.7 Å². The number of anilines is 1. The van der Waals surface area contributed by atoms with Crippen LogP contribution in [0.4, 0.5) is 5.69 Å². The van der Waals surface area contributed by atoms with Crippen molar-refractivity contribution in [2.24, 2.45) is 0 Å². The number of pyridine rings is 1. The number of carbonyl (C=O) groups is 1. The first kappa shape index (κ1) is 20.5. The predicted octanol–water partition coefficient (Wildman–Crippen LogP) is 2.69. The second-order valence-electron chi connectivity index (χ2n) is 7.12. The molecule has 1 fully saturated rings. The third kappa shape index (κ3) is 5.62. The van der Waals surface area contributed by atoms with Gasteiger partial charge in [-0.25, -0.2) is 0 Å². The quantitative estimate of drug-likeness (QED) is 0.387. The zero-order valence-corrected chi connectivity index (χ0v) is 17.2. The summed E-state index contributed by atoms with van der Waals surface area (Å²) in [5.41, 5.74) is 2.21. The molecule has 0 spiro atoms. The van der Waals surface area contributed by atoms with E-state index in [0.717, 1.165) is 35.4 Å². The number of thioether (sulfide) groups is 1. The van der Waals surface area contributed by atoms with Crippen LogP contribution in [0.2, 0.25) is 0 Å². The molecule has 0 bridgehead atoms. The maximum Gasteiger partial charge on any atom is 0.251 e. The summed E-state index contributed by atoms with van der Waals surface area (Å²) in [5, 5.41) is 12.3. The molecule has 0 N–H and O–H groups in total. The Balaban J connectivity index is 1.66. The summed E-state index contributed by atoms with van der Waals surface area (Å²) in [6.07, 6.45) is 3.56. The van der Waals surface area contributed by atoms with Gasteiger partial charge >= 0.3 is 0 Å². The highest BCUT2D eigenvalue weighted by atomic mass is 32.2. The minimum absolute atomic E-state index is 0.0149. The monoisotopic (exact) mass is 401 g/mol. The lowest BCUT2D eigenvalue weighted by molar-refractivity contribution is -0.645. The van der Waals surface area contributed by atoms with Crippen molar-refractivity contribution in [3.8, 4) is 0 Å². The summed E-state index contributed by atoms with van der Waals surface area (Å²) in [7, 11) is 4.01. The van der Waals surface area contributed by atoms with E-state index in [1.54, 1.807) is 18.2 Å². The molecule has 28 heavy (non-hydrogen) atoms. The highest BCUT2D eigenvalue weighted by molar-refractivity contribution is 7.99. The molecule has 1 amide bonds. The largest absolute Gasteiger partial charge is 0.618 e. The summed E-state index contributed by atoms with van der Waals surface area (Å²) < 4.78 is 6.54. The Labute approximate surface area is 170 Å². The van der Waals surface area contributed by atoms with Crippen LogP contribution >= 0.6 is 11.8 Å². The molecule has 3 rings (SSSR count). The minimum Gasteiger partial charge on any atom is -0.618 e. The van der Waals surface area contributed by atoms with E-state index in [0.29, 0.717) is 18.1 Å². The fourth-order valence-corrected chi connectivity index (χ4v) is 3.98. The van der Waals surface area contributed by atoms with Crippen LogP contribution in [0.1, 0.15) is 18.4 Å². The first-order chi connectivity index (χ1) is 13.5. The number of amides is 1. The zero-order valence-electron chi connectivity index (χ0n) is 16.4. The van der Waals surface area contributed by atoms with Crippen molar-refractivity contribution in [2.75, 3.05) is 37.9 Å². The molecule has 2 aromatic rings. The second-order valence-corrected chi connectivity index (χ2v) is 8.12. The molecule has 1 aromatic heterocycles. The normalized spacial score (nSPS) is 16.1. The topological polar surface area (TPSA) is 59.7 Å². The van der Waals surface area contributed by atoms with Crippen molar-refractivity contribution < 1.29 is 14.3 Å². The van der Waals surface area contributed by atoms with Crippen molar-refractivity contribution in [3.05, 3.63) is 59.4 Å². The highest BCUT2D eigenvalue weighted by Gasteiger charge is 2.23. The number of ether oxygens (including phenoxy) is 1. The second kappa shape index (κ2) is 9.80. The molecule has 1 saturated heterocycles. The zero-order chi connectivity index (χ0) is 19.9. The molecular formula is C21H27N3O3S. The van der Waals surface area contributed by atoms with Gasteiger partial charge in [0.15, 0.2) is 6.20 Å². The number of nitrogens with zero attached hydrogens (tertiary/aromatic N) is 3. The van der Waals surface area contributed by atoms with E-state index in [2.05, 4.69) is 24.3 Å². The highest BCUT2D eigenvalue weighted by Crippen LogP contribution is 2.19. The van der Waals surface area contributed by atoms with Crippen LogP contribution in [0.3, 0.4) is 0 Å². The summed E-state index contributed by atoms with van der Waals surface area (Å²) in [6, 6.07) is 13.4. The average molecular weight is 402 g/mol. The maximum absolute atomic E-state index is 12.9. The van der Waals surface area contributed by atoms with Gasteiger partial charge in [0.05, 0.1) is 11.9 Å². The van der Waals surface area contributed by atoms with Gasteiger partial charge in [-0.1, -0.05) is 12.1 Å². The molecule has 6 nitrogen and oxygen atoms in total. The number of aromatic nitrogens is 1. The molecular weight excluding hydrogens is 374 g/mol. The van der Waals surface area contributed by atoms with E-state index in [-0.39, 0.29) is 17.8 Å². The van der Waals surface area contributed by atoms with Crippen LogP contribution in [0, 0.1) is 5.21 Å². The van der Waals surface area contributed by atoms with E-state index in [1.807, 2.05) is 23.9 Å². The SMILES string of the molecule is CN(C)c1ccc(CN(C[C@@H]2CCCO2)C(=O)CSc2cccc[n+]2[O-])cc1. The lowest BCUT2D eigenvalue weighted by Crippen LogP contribution is -2.38. The van der Waals surface area contributed by atoms with Crippen LogP contribution < -0.4 is 9.63 Å². The van der Waals surface area contributed by atoms with Gasteiger partial charge in [0.1, 0.15) is 0 Å². The Morgan fingerprint density at radius 1 is 1.25 bits per heavy atom. The fourth-order valence-electron chi connectivity index (χ4n) is 3.16. The van der Waals surface area contributed by atoms with E-state index in [4.69, 9.17) is 4.74 Å². The lowest BCUT2D eigenvalue weighted by Gasteiger charge is -2.26. The van der Waals surface area contributed by atoms with Crippen LogP contribution in [0.5, 0.6) is 0 Å². The molecule has 1 atom stereocenters. The van der Waals surface area contributed by atoms with E-state index < -0.39 is 0 Å². The summed E-state index contributed by atoms with van der Waals surface area (Å²) in [6.45, 7) is 1.89. The van der Waals surface area contributed by atoms with Crippen molar-refractivity contribution in [1.29, 1.82) is 0 Å². The van der Waals surface area contributed by atoms with Gasteiger partial charge in [-0.05, 0) is 48.4 Å². The van der Waals surface area contributed by atoms with Crippen molar-refractivity contribution in [2.45, 2.75) is 30.5 Å². The van der Waals surface area contributed by atoms with Gasteiger partial charge in [-0.2, -0.15) is 4.73 Å². The Kier molecular flexibility index (Phi) is 7.17. The van der Waals surface area contributed by atoms with E-state index >= 15 is 0 Å². The van der Waals surface area contributed by atoms with E-state index in [1.165, 1.54) is 18.0 Å². The molecule has 1 aliphatic heterocycles. The maximum atomic E-state index is 12.9. The van der Waals surface area contributed by atoms with Gasteiger partial charge in [0.25, 0.3) is 5.03 Å². The molecule has 2 heterocycles. The number of hydrogen-bond acceptors (Lipinski definition) is 5. The molecule has 0 unspecified atom stereocenters. The van der Waals surface area contributed by atoms with E-state index in [9.17, 15) is 10.0 Å². The number of hydrogen-bond donors (Lipinski definition) is 0. The molecule has 0 aliphatic carbocycles. The fraction of sp³-hybridized carbons (Fsp3) is 0.429. The third-order valence-electron chi connectivity index (χ3n) is 4.76. The first-order valence-electron chi connectivity index (χ1n) is 9.49. The van der Waals surface area contributed by atoms with Gasteiger partial charge in [-0.15, -0.1) is 0 Å². The number of carbonyl (C=O) groups excluding carboxylic acids is 1. The molecule has 150 valence electrons. The lowest BCUT2D eigenvalue weighted by atomic mass is 10.1. The van der Waals surface area contributed by atoms with Crippen molar-refractivity contribution in [1.82, 2.24) is 4.90 Å². The van der Waals surface area contributed by atoms with Crippen molar-refractivity contribution >= 4 is 23.4 Å². The Hall–Kier alpha value is -2.25. The Morgan fingerprint density at radius 2 is 2.04 bits per heavy atom. The number of benzene rings is 1. The van der Waals surface area contributed by atoms with Gasteiger partial charge in [0.2, 0.25) is 5.91 Å². The first-order valence-corrected chi connectivity index (χ1v) is 10.5.